The summed E-state index contributed by atoms with van der Waals surface area (Å²) in [6.07, 6.45) is 3.04. The summed E-state index contributed by atoms with van der Waals surface area (Å²) in [6, 6.07) is 8.00. The number of amides is 1. The van der Waals surface area contributed by atoms with Gasteiger partial charge in [0.15, 0.2) is 11.4 Å². The number of aliphatic hydroxyl groups is 1. The van der Waals surface area contributed by atoms with Gasteiger partial charge in [-0.1, -0.05) is 23.4 Å². The molecule has 1 fully saturated rings. The van der Waals surface area contributed by atoms with E-state index in [-0.39, 0.29) is 28.5 Å². The summed E-state index contributed by atoms with van der Waals surface area (Å²) in [5, 5.41) is 22.5. The van der Waals surface area contributed by atoms with Crippen molar-refractivity contribution in [2.24, 2.45) is 0 Å². The zero-order chi connectivity index (χ0) is 25.7. The average Bonchev–Trinajstić information content (AvgIpc) is 2.87. The third kappa shape index (κ3) is 5.92. The lowest BCUT2D eigenvalue weighted by Crippen LogP contribution is -2.44. The Morgan fingerprint density at radius 3 is 2.67 bits per heavy atom. The summed E-state index contributed by atoms with van der Waals surface area (Å²) in [5.74, 6) is 5.64. The highest BCUT2D eigenvalue weighted by atomic mass is 35.5. The van der Waals surface area contributed by atoms with Crippen molar-refractivity contribution in [2.45, 2.75) is 12.5 Å². The molecule has 0 radical (unpaired) electrons. The van der Waals surface area contributed by atoms with Crippen LogP contribution in [-0.2, 0) is 15.1 Å². The lowest BCUT2D eigenvalue weighted by atomic mass is 10.0. The second-order valence-corrected chi connectivity index (χ2v) is 8.38. The maximum Gasteiger partial charge on any atom is 0.272 e. The van der Waals surface area contributed by atoms with Crippen LogP contribution < -0.4 is 11.1 Å². The predicted octanol–water partition coefficient (Wildman–Crippen LogP) is 1.73. The van der Waals surface area contributed by atoms with Crippen molar-refractivity contribution in [3.05, 3.63) is 64.8 Å². The van der Waals surface area contributed by atoms with Crippen LogP contribution in [0.1, 0.15) is 23.9 Å². The quantitative estimate of drug-likeness (QED) is 0.229. The molecule has 1 amide bonds. The van der Waals surface area contributed by atoms with Gasteiger partial charge >= 0.3 is 0 Å². The Balaban J connectivity index is 1.70. The van der Waals surface area contributed by atoms with Crippen LogP contribution >= 0.6 is 11.6 Å². The smallest absolute Gasteiger partial charge is 0.272 e. The number of nitrogens with zero attached hydrogens (tertiary/aromatic N) is 5. The summed E-state index contributed by atoms with van der Waals surface area (Å²) < 4.78 is 5.30. The Morgan fingerprint density at radius 2 is 1.97 bits per heavy atom. The van der Waals surface area contributed by atoms with E-state index in [4.69, 9.17) is 27.5 Å². The number of hydrogen-bond donors (Lipinski definition) is 4. The molecule has 1 atom stereocenters. The predicted molar refractivity (Wildman–Crippen MR) is 134 cm³/mol. The zero-order valence-corrected chi connectivity index (χ0v) is 20.1. The molecule has 184 valence electrons. The summed E-state index contributed by atoms with van der Waals surface area (Å²) in [5.41, 5.74) is 5.10. The van der Waals surface area contributed by atoms with E-state index in [1.165, 1.54) is 25.4 Å². The van der Waals surface area contributed by atoms with Crippen molar-refractivity contribution in [3.63, 3.8) is 0 Å². The van der Waals surface area contributed by atoms with Gasteiger partial charge in [-0.2, -0.15) is 4.98 Å². The van der Waals surface area contributed by atoms with Gasteiger partial charge < -0.3 is 25.8 Å². The van der Waals surface area contributed by atoms with Crippen molar-refractivity contribution in [1.29, 1.82) is 5.41 Å². The molecular formula is C24H23ClN8O3. The number of carbonyl (C=O) groups excluding carboxylic acids is 1. The normalized spacial score (nSPS) is 14.8. The summed E-state index contributed by atoms with van der Waals surface area (Å²) in [6.45, 7) is 3.14. The highest BCUT2D eigenvalue weighted by molar-refractivity contribution is 6.45. The van der Waals surface area contributed by atoms with Gasteiger partial charge in [0.05, 0.1) is 18.9 Å². The minimum absolute atomic E-state index is 0.0409. The molecule has 3 heterocycles. The zero-order valence-electron chi connectivity index (χ0n) is 19.3. The first-order valence-electron chi connectivity index (χ1n) is 10.9. The Hall–Kier alpha value is -4.11. The molecule has 36 heavy (non-hydrogen) atoms. The molecule has 2 aromatic heterocycles. The summed E-state index contributed by atoms with van der Waals surface area (Å²) in [4.78, 5) is 30.6. The van der Waals surface area contributed by atoms with E-state index in [1.807, 2.05) is 0 Å². The minimum atomic E-state index is -1.60. The van der Waals surface area contributed by atoms with E-state index in [2.05, 4.69) is 37.1 Å². The van der Waals surface area contributed by atoms with Gasteiger partial charge in [-0.05, 0) is 31.2 Å². The second-order valence-electron chi connectivity index (χ2n) is 7.99. The average molecular weight is 507 g/mol. The second kappa shape index (κ2) is 10.7. The number of nitrogens with one attached hydrogen (secondary N) is 2. The molecule has 12 heteroatoms. The number of carbonyl (C=O) groups is 1. The molecule has 11 nitrogen and oxygen atoms in total. The molecule has 1 aromatic carbocycles. The third-order valence-electron chi connectivity index (χ3n) is 5.23. The topological polar surface area (TPSA) is 163 Å². The number of nitrogen functional groups attached to an aromatic ring is 1. The maximum absolute atomic E-state index is 13.0. The minimum Gasteiger partial charge on any atom is -0.378 e. The van der Waals surface area contributed by atoms with Crippen LogP contribution in [0.4, 0.5) is 17.5 Å². The van der Waals surface area contributed by atoms with Crippen LogP contribution in [0.2, 0.25) is 5.15 Å². The Kier molecular flexibility index (Phi) is 7.40. The fraction of sp³-hybridized carbons (Fsp3) is 0.250. The molecule has 0 aliphatic carbocycles. The van der Waals surface area contributed by atoms with Crippen LogP contribution in [0.15, 0.2) is 42.7 Å². The number of benzene rings is 1. The van der Waals surface area contributed by atoms with Crippen LogP contribution in [0.3, 0.4) is 0 Å². The van der Waals surface area contributed by atoms with Crippen LogP contribution in [0, 0.1) is 17.3 Å². The van der Waals surface area contributed by atoms with Crippen molar-refractivity contribution in [2.75, 3.05) is 37.4 Å². The Bertz CT molecular complexity index is 1330. The molecule has 0 saturated carbocycles. The number of halogens is 1. The van der Waals surface area contributed by atoms with Gasteiger partial charge in [0, 0.05) is 42.7 Å². The van der Waals surface area contributed by atoms with E-state index in [0.717, 1.165) is 0 Å². The van der Waals surface area contributed by atoms with Crippen molar-refractivity contribution < 1.29 is 14.6 Å². The van der Waals surface area contributed by atoms with Crippen LogP contribution in [0.5, 0.6) is 0 Å². The molecule has 3 aromatic rings. The summed E-state index contributed by atoms with van der Waals surface area (Å²) >= 11 is 6.01. The molecule has 1 aliphatic heterocycles. The number of nitrogens with two attached hydrogens (primary N) is 1. The van der Waals surface area contributed by atoms with E-state index in [9.17, 15) is 9.90 Å². The number of morpholine rings is 1. The van der Waals surface area contributed by atoms with Gasteiger partial charge in [0.2, 0.25) is 5.95 Å². The van der Waals surface area contributed by atoms with Gasteiger partial charge in [-0.25, -0.2) is 15.0 Å². The van der Waals surface area contributed by atoms with Gasteiger partial charge in [0.25, 0.3) is 5.91 Å². The molecule has 4 rings (SSSR count). The Morgan fingerprint density at radius 1 is 1.25 bits per heavy atom. The van der Waals surface area contributed by atoms with Gasteiger partial charge in [0.1, 0.15) is 16.7 Å². The van der Waals surface area contributed by atoms with E-state index in [0.29, 0.717) is 43.1 Å². The fourth-order valence-corrected chi connectivity index (χ4v) is 3.61. The first kappa shape index (κ1) is 25.0. The van der Waals surface area contributed by atoms with Crippen LogP contribution in [-0.4, -0.2) is 67.9 Å². The number of anilines is 3. The number of rotatable bonds is 5. The van der Waals surface area contributed by atoms with E-state index in [1.54, 1.807) is 29.2 Å². The monoisotopic (exact) mass is 506 g/mol. The van der Waals surface area contributed by atoms with E-state index < -0.39 is 11.5 Å². The molecule has 5 N–H and O–H groups in total. The number of aromatic nitrogens is 4. The van der Waals surface area contributed by atoms with Crippen LogP contribution in [0.25, 0.3) is 0 Å². The molecule has 1 unspecified atom stereocenters. The first-order chi connectivity index (χ1) is 17.2. The lowest BCUT2D eigenvalue weighted by molar-refractivity contribution is -0.128. The Labute approximate surface area is 212 Å². The lowest BCUT2D eigenvalue weighted by Gasteiger charge is -2.27. The first-order valence-corrected chi connectivity index (χ1v) is 11.3. The molecule has 0 bridgehead atoms. The number of hydrogen-bond acceptors (Lipinski definition) is 10. The largest absolute Gasteiger partial charge is 0.378 e. The van der Waals surface area contributed by atoms with Gasteiger partial charge in [-0.15, -0.1) is 0 Å². The maximum atomic E-state index is 13.0. The van der Waals surface area contributed by atoms with E-state index >= 15 is 0 Å². The highest BCUT2D eigenvalue weighted by Gasteiger charge is 2.25. The fourth-order valence-electron chi connectivity index (χ4n) is 3.42. The summed E-state index contributed by atoms with van der Waals surface area (Å²) in [7, 11) is 0. The molecule has 1 saturated heterocycles. The molecular weight excluding hydrogens is 484 g/mol. The molecule has 0 spiro atoms. The highest BCUT2D eigenvalue weighted by Crippen LogP contribution is 2.25. The standard InChI is InChI=1S/C24H23ClN8O3/c1-24(35,22-28-7-2-8-29-22)6-5-15-3-4-16(20(26)21(34)33-9-11-36-12-10-33)17(13-15)30-19-14-18(25)31-23(27)32-19/h2-4,7-8,13-14,26,35H,9-12H2,1H3,(H3,27,30,31,32). The number of ether oxygens (including phenoxy) is 1. The van der Waals surface area contributed by atoms with Crippen molar-refractivity contribution in [1.82, 2.24) is 24.8 Å². The van der Waals surface area contributed by atoms with Gasteiger partial charge in [-0.3, -0.25) is 10.2 Å². The third-order valence-corrected chi connectivity index (χ3v) is 5.42. The molecule has 1 aliphatic rings. The van der Waals surface area contributed by atoms with Crippen molar-refractivity contribution >= 4 is 40.7 Å². The van der Waals surface area contributed by atoms with Crippen molar-refractivity contribution in [3.8, 4) is 11.8 Å². The SMILES string of the molecule is CC(O)(C#Cc1ccc(C(=N)C(=O)N2CCOCC2)c(Nc2cc(Cl)nc(N)n2)c1)c1ncccn1.